The van der Waals surface area contributed by atoms with Gasteiger partial charge in [-0.1, -0.05) is 36.8 Å². The predicted molar refractivity (Wildman–Crippen MR) is 80.3 cm³/mol. The van der Waals surface area contributed by atoms with E-state index in [0.717, 1.165) is 22.7 Å². The molecular weight excluding hydrogens is 256 g/mol. The van der Waals surface area contributed by atoms with E-state index in [1.165, 1.54) is 5.56 Å². The zero-order valence-corrected chi connectivity index (χ0v) is 12.2. The molecule has 2 rings (SSSR count). The number of thiazole rings is 1. The lowest BCUT2D eigenvalue weighted by Gasteiger charge is -2.12. The quantitative estimate of drug-likeness (QED) is 0.852. The summed E-state index contributed by atoms with van der Waals surface area (Å²) in [6.45, 7) is 5.03. The first-order chi connectivity index (χ1) is 9.22. The summed E-state index contributed by atoms with van der Waals surface area (Å²) in [6, 6.07) is 8.58. The minimum atomic E-state index is 0.157. The largest absolute Gasteiger partial charge is 0.395 e. The molecule has 0 aliphatic carbocycles. The van der Waals surface area contributed by atoms with Crippen molar-refractivity contribution in [2.24, 2.45) is 0 Å². The predicted octanol–water partition coefficient (Wildman–Crippen LogP) is 2.98. The lowest BCUT2D eigenvalue weighted by atomic mass is 10.2. The van der Waals surface area contributed by atoms with Gasteiger partial charge in [0.25, 0.3) is 0 Å². The highest BCUT2D eigenvalue weighted by molar-refractivity contribution is 7.13. The lowest BCUT2D eigenvalue weighted by molar-refractivity contribution is 0.238. The fourth-order valence-electron chi connectivity index (χ4n) is 1.80. The number of nitrogens with one attached hydrogen (secondary N) is 1. The molecule has 0 amide bonds. The van der Waals surface area contributed by atoms with Crippen LogP contribution in [0.1, 0.15) is 24.6 Å². The first kappa shape index (κ1) is 14.2. The number of hydrogen-bond acceptors (Lipinski definition) is 4. The molecule has 0 bridgehead atoms. The summed E-state index contributed by atoms with van der Waals surface area (Å²) in [5.41, 5.74) is 3.46. The summed E-state index contributed by atoms with van der Waals surface area (Å²) in [6.07, 6.45) is 0.922. The van der Waals surface area contributed by atoms with Crippen LogP contribution in [0.25, 0.3) is 10.6 Å². The van der Waals surface area contributed by atoms with Gasteiger partial charge in [-0.25, -0.2) is 4.98 Å². The number of aromatic nitrogens is 1. The summed E-state index contributed by atoms with van der Waals surface area (Å²) < 4.78 is 0. The standard InChI is InChI=1S/C15H20N2OS/c1-3-13(9-18)16-8-14-10-19-15(17-14)12-6-4-11(2)5-7-12/h4-7,10,13,16,18H,3,8-9H2,1-2H3/t13-/m1/s1. The van der Waals surface area contributed by atoms with E-state index in [2.05, 4.69) is 53.8 Å². The van der Waals surface area contributed by atoms with Gasteiger partial charge in [-0.15, -0.1) is 11.3 Å². The van der Waals surface area contributed by atoms with E-state index in [9.17, 15) is 0 Å². The average molecular weight is 276 g/mol. The molecule has 1 heterocycles. The topological polar surface area (TPSA) is 45.1 Å². The van der Waals surface area contributed by atoms with E-state index in [-0.39, 0.29) is 12.6 Å². The van der Waals surface area contributed by atoms with Crippen LogP contribution in [0.15, 0.2) is 29.6 Å². The third-order valence-corrected chi connectivity index (χ3v) is 4.08. The minimum Gasteiger partial charge on any atom is -0.395 e. The molecule has 0 saturated heterocycles. The Morgan fingerprint density at radius 2 is 2.05 bits per heavy atom. The SMILES string of the molecule is CC[C@H](CO)NCc1csc(-c2ccc(C)cc2)n1. The molecule has 0 aliphatic heterocycles. The van der Waals surface area contributed by atoms with Crippen LogP contribution in [-0.2, 0) is 6.54 Å². The molecule has 0 aliphatic rings. The van der Waals surface area contributed by atoms with E-state index in [4.69, 9.17) is 5.11 Å². The number of hydrogen-bond donors (Lipinski definition) is 2. The zero-order valence-electron chi connectivity index (χ0n) is 11.4. The number of benzene rings is 1. The van der Waals surface area contributed by atoms with Crippen molar-refractivity contribution in [1.82, 2.24) is 10.3 Å². The lowest BCUT2D eigenvalue weighted by Crippen LogP contribution is -2.31. The molecule has 2 N–H and O–H groups in total. The molecule has 2 aromatic rings. The molecule has 102 valence electrons. The highest BCUT2D eigenvalue weighted by Gasteiger charge is 2.07. The number of aryl methyl sites for hydroxylation is 1. The Morgan fingerprint density at radius 3 is 2.68 bits per heavy atom. The zero-order chi connectivity index (χ0) is 13.7. The van der Waals surface area contributed by atoms with Crippen molar-refractivity contribution < 1.29 is 5.11 Å². The maximum Gasteiger partial charge on any atom is 0.123 e. The van der Waals surface area contributed by atoms with Gasteiger partial charge in [0.05, 0.1) is 12.3 Å². The molecule has 0 saturated carbocycles. The molecule has 0 spiro atoms. The van der Waals surface area contributed by atoms with E-state index in [1.807, 2.05) is 0 Å². The van der Waals surface area contributed by atoms with Crippen LogP contribution in [-0.4, -0.2) is 22.7 Å². The fraction of sp³-hybridized carbons (Fsp3) is 0.400. The smallest absolute Gasteiger partial charge is 0.123 e. The van der Waals surface area contributed by atoms with Crippen LogP contribution >= 0.6 is 11.3 Å². The molecule has 4 heteroatoms. The molecule has 0 unspecified atom stereocenters. The number of aliphatic hydroxyl groups is 1. The summed E-state index contributed by atoms with van der Waals surface area (Å²) >= 11 is 1.66. The third kappa shape index (κ3) is 3.86. The number of aliphatic hydroxyl groups excluding tert-OH is 1. The van der Waals surface area contributed by atoms with Crippen LogP contribution in [0, 0.1) is 6.92 Å². The van der Waals surface area contributed by atoms with Crippen LogP contribution in [0.3, 0.4) is 0 Å². The van der Waals surface area contributed by atoms with Gasteiger partial charge in [0, 0.05) is 23.5 Å². The van der Waals surface area contributed by atoms with Crippen molar-refractivity contribution >= 4 is 11.3 Å². The van der Waals surface area contributed by atoms with Gasteiger partial charge in [-0.05, 0) is 13.3 Å². The maximum absolute atomic E-state index is 9.13. The van der Waals surface area contributed by atoms with Crippen molar-refractivity contribution in [1.29, 1.82) is 0 Å². The van der Waals surface area contributed by atoms with Gasteiger partial charge in [0.1, 0.15) is 5.01 Å². The van der Waals surface area contributed by atoms with E-state index >= 15 is 0 Å². The van der Waals surface area contributed by atoms with Gasteiger partial charge >= 0.3 is 0 Å². The molecule has 19 heavy (non-hydrogen) atoms. The number of nitrogens with zero attached hydrogens (tertiary/aromatic N) is 1. The van der Waals surface area contributed by atoms with E-state index in [1.54, 1.807) is 11.3 Å². The Bertz CT molecular complexity index is 503. The molecular formula is C15H20N2OS. The molecule has 1 atom stereocenters. The van der Waals surface area contributed by atoms with Crippen molar-refractivity contribution in [3.63, 3.8) is 0 Å². The number of rotatable bonds is 6. The van der Waals surface area contributed by atoms with E-state index in [0.29, 0.717) is 6.54 Å². The Labute approximate surface area is 118 Å². The Morgan fingerprint density at radius 1 is 1.32 bits per heavy atom. The molecule has 0 radical (unpaired) electrons. The van der Waals surface area contributed by atoms with Gasteiger partial charge in [0.15, 0.2) is 0 Å². The monoisotopic (exact) mass is 276 g/mol. The van der Waals surface area contributed by atoms with Crippen molar-refractivity contribution in [3.05, 3.63) is 40.9 Å². The first-order valence-electron chi connectivity index (χ1n) is 6.58. The average Bonchev–Trinajstić information content (AvgIpc) is 2.89. The summed E-state index contributed by atoms with van der Waals surface area (Å²) in [5, 5.41) is 15.6. The normalized spacial score (nSPS) is 12.6. The second-order valence-electron chi connectivity index (χ2n) is 4.68. The van der Waals surface area contributed by atoms with Crippen LogP contribution in [0.5, 0.6) is 0 Å². The second kappa shape index (κ2) is 6.80. The molecule has 3 nitrogen and oxygen atoms in total. The fourth-order valence-corrected chi connectivity index (χ4v) is 2.63. The van der Waals surface area contributed by atoms with Crippen molar-refractivity contribution in [2.45, 2.75) is 32.9 Å². The first-order valence-corrected chi connectivity index (χ1v) is 7.46. The van der Waals surface area contributed by atoms with Crippen LogP contribution < -0.4 is 5.32 Å². The maximum atomic E-state index is 9.13. The second-order valence-corrected chi connectivity index (χ2v) is 5.54. The van der Waals surface area contributed by atoms with Gasteiger partial charge in [-0.3, -0.25) is 0 Å². The summed E-state index contributed by atoms with van der Waals surface area (Å²) in [4.78, 5) is 4.63. The third-order valence-electron chi connectivity index (χ3n) is 3.14. The molecule has 1 aromatic carbocycles. The van der Waals surface area contributed by atoms with Gasteiger partial charge in [0.2, 0.25) is 0 Å². The summed E-state index contributed by atoms with van der Waals surface area (Å²) in [7, 11) is 0. The van der Waals surface area contributed by atoms with Crippen LogP contribution in [0.2, 0.25) is 0 Å². The van der Waals surface area contributed by atoms with Gasteiger partial charge < -0.3 is 10.4 Å². The Balaban J connectivity index is 2.01. The van der Waals surface area contributed by atoms with Gasteiger partial charge in [-0.2, -0.15) is 0 Å². The summed E-state index contributed by atoms with van der Waals surface area (Å²) in [5.74, 6) is 0. The highest BCUT2D eigenvalue weighted by Crippen LogP contribution is 2.23. The van der Waals surface area contributed by atoms with E-state index < -0.39 is 0 Å². The molecule has 1 aromatic heterocycles. The molecule has 0 fully saturated rings. The Hall–Kier alpha value is -1.23. The van der Waals surface area contributed by atoms with Crippen molar-refractivity contribution in [3.8, 4) is 10.6 Å². The van der Waals surface area contributed by atoms with Crippen LogP contribution in [0.4, 0.5) is 0 Å². The Kier molecular flexibility index (Phi) is 5.07. The van der Waals surface area contributed by atoms with Crippen molar-refractivity contribution in [2.75, 3.05) is 6.61 Å². The highest BCUT2D eigenvalue weighted by atomic mass is 32.1. The minimum absolute atomic E-state index is 0.157.